The van der Waals surface area contributed by atoms with Gasteiger partial charge < -0.3 is 0 Å². The predicted molar refractivity (Wildman–Crippen MR) is 54.4 cm³/mol. The molecule has 1 heterocycles. The third-order valence-corrected chi connectivity index (χ3v) is 2.12. The summed E-state index contributed by atoms with van der Waals surface area (Å²) in [6.07, 6.45) is 3.73. The molecule has 13 heavy (non-hydrogen) atoms. The van der Waals surface area contributed by atoms with Crippen LogP contribution in [0, 0.1) is 6.92 Å². The molecule has 1 aromatic heterocycles. The van der Waals surface area contributed by atoms with Crippen LogP contribution in [0.15, 0.2) is 48.8 Å². The minimum Gasteiger partial charge on any atom is -0.264 e. The second-order valence-corrected chi connectivity index (χ2v) is 3.06. The van der Waals surface area contributed by atoms with E-state index in [1.54, 1.807) is 0 Å². The fourth-order valence-corrected chi connectivity index (χ4v) is 1.38. The van der Waals surface area contributed by atoms with Crippen LogP contribution in [0.2, 0.25) is 0 Å². The molecule has 0 aliphatic carbocycles. The number of benzene rings is 1. The van der Waals surface area contributed by atoms with E-state index in [9.17, 15) is 0 Å². The van der Waals surface area contributed by atoms with Crippen LogP contribution in [-0.4, -0.2) is 4.98 Å². The van der Waals surface area contributed by atoms with Gasteiger partial charge in [0.1, 0.15) is 0 Å². The third-order valence-electron chi connectivity index (χ3n) is 2.12. The molecule has 64 valence electrons. The molecule has 1 aromatic carbocycles. The Balaban J connectivity index is 2.54. The van der Waals surface area contributed by atoms with Crippen LogP contribution in [0.4, 0.5) is 0 Å². The van der Waals surface area contributed by atoms with Gasteiger partial charge in [0.2, 0.25) is 0 Å². The summed E-state index contributed by atoms with van der Waals surface area (Å²) in [5.41, 5.74) is 3.71. The number of rotatable bonds is 1. The van der Waals surface area contributed by atoms with Crippen molar-refractivity contribution in [1.82, 2.24) is 4.98 Å². The first-order valence-electron chi connectivity index (χ1n) is 4.34. The zero-order chi connectivity index (χ0) is 9.10. The number of aryl methyl sites for hydroxylation is 1. The average molecular weight is 169 g/mol. The van der Waals surface area contributed by atoms with E-state index in [0.717, 1.165) is 0 Å². The number of hydrogen-bond acceptors (Lipinski definition) is 1. The standard InChI is InChI=1S/C12H11N/c1-10-7-8-13-9-12(10)11-5-3-2-4-6-11/h2-9H,1H3. The molecular formula is C12H11N. The van der Waals surface area contributed by atoms with Gasteiger partial charge in [0.05, 0.1) is 0 Å². The van der Waals surface area contributed by atoms with Crippen LogP contribution < -0.4 is 0 Å². The van der Waals surface area contributed by atoms with Gasteiger partial charge in [-0.25, -0.2) is 0 Å². The molecule has 0 fully saturated rings. The maximum atomic E-state index is 4.12. The van der Waals surface area contributed by atoms with Gasteiger partial charge in [-0.1, -0.05) is 30.3 Å². The number of hydrogen-bond donors (Lipinski definition) is 0. The molecular weight excluding hydrogens is 158 g/mol. The zero-order valence-corrected chi connectivity index (χ0v) is 7.57. The topological polar surface area (TPSA) is 12.9 Å². The summed E-state index contributed by atoms with van der Waals surface area (Å²) < 4.78 is 0. The summed E-state index contributed by atoms with van der Waals surface area (Å²) in [4.78, 5) is 4.12. The maximum absolute atomic E-state index is 4.12. The first-order chi connectivity index (χ1) is 6.38. The molecule has 0 unspecified atom stereocenters. The second kappa shape index (κ2) is 3.40. The molecule has 0 bridgehead atoms. The molecule has 2 rings (SSSR count). The van der Waals surface area contributed by atoms with Gasteiger partial charge >= 0.3 is 0 Å². The average Bonchev–Trinajstić information content (AvgIpc) is 2.20. The van der Waals surface area contributed by atoms with Crippen LogP contribution in [0.5, 0.6) is 0 Å². The van der Waals surface area contributed by atoms with E-state index in [2.05, 4.69) is 24.0 Å². The summed E-state index contributed by atoms with van der Waals surface area (Å²) in [5, 5.41) is 0. The molecule has 0 radical (unpaired) electrons. The van der Waals surface area contributed by atoms with E-state index < -0.39 is 0 Å². The first-order valence-corrected chi connectivity index (χ1v) is 4.34. The Hall–Kier alpha value is -1.63. The summed E-state index contributed by atoms with van der Waals surface area (Å²) in [5.74, 6) is 0. The molecule has 0 saturated carbocycles. The Kier molecular flexibility index (Phi) is 2.09. The Morgan fingerprint density at radius 2 is 1.77 bits per heavy atom. The molecule has 0 amide bonds. The fourth-order valence-electron chi connectivity index (χ4n) is 1.38. The van der Waals surface area contributed by atoms with E-state index in [0.29, 0.717) is 0 Å². The highest BCUT2D eigenvalue weighted by Crippen LogP contribution is 2.20. The van der Waals surface area contributed by atoms with Crippen LogP contribution in [0.3, 0.4) is 0 Å². The summed E-state index contributed by atoms with van der Waals surface area (Å²) in [6.45, 7) is 2.10. The van der Waals surface area contributed by atoms with E-state index in [-0.39, 0.29) is 0 Å². The van der Waals surface area contributed by atoms with Crippen LogP contribution >= 0.6 is 0 Å². The van der Waals surface area contributed by atoms with Crippen molar-refractivity contribution in [3.05, 3.63) is 54.4 Å². The highest BCUT2D eigenvalue weighted by Gasteiger charge is 1.98. The molecule has 1 heteroatoms. The predicted octanol–water partition coefficient (Wildman–Crippen LogP) is 3.06. The lowest BCUT2D eigenvalue weighted by atomic mass is 10.0. The van der Waals surface area contributed by atoms with Gasteiger partial charge in [-0.2, -0.15) is 0 Å². The quantitative estimate of drug-likeness (QED) is 0.639. The van der Waals surface area contributed by atoms with Crippen molar-refractivity contribution in [2.45, 2.75) is 6.92 Å². The molecule has 2 aromatic rings. The smallest absolute Gasteiger partial charge is 0.0349 e. The van der Waals surface area contributed by atoms with Gasteiger partial charge in [-0.15, -0.1) is 0 Å². The Labute approximate surface area is 78.1 Å². The second-order valence-electron chi connectivity index (χ2n) is 3.06. The van der Waals surface area contributed by atoms with Crippen molar-refractivity contribution in [2.24, 2.45) is 0 Å². The van der Waals surface area contributed by atoms with E-state index >= 15 is 0 Å². The number of pyridine rings is 1. The molecule has 0 atom stereocenters. The SMILES string of the molecule is Cc1ccncc1-c1ccccc1. The van der Waals surface area contributed by atoms with Gasteiger partial charge in [-0.05, 0) is 24.1 Å². The highest BCUT2D eigenvalue weighted by atomic mass is 14.6. The van der Waals surface area contributed by atoms with Crippen molar-refractivity contribution in [1.29, 1.82) is 0 Å². The minimum absolute atomic E-state index is 1.21. The van der Waals surface area contributed by atoms with Crippen LogP contribution in [0.25, 0.3) is 11.1 Å². The zero-order valence-electron chi connectivity index (χ0n) is 7.57. The molecule has 0 aliphatic heterocycles. The van der Waals surface area contributed by atoms with E-state index in [1.165, 1.54) is 16.7 Å². The third kappa shape index (κ3) is 1.59. The Morgan fingerprint density at radius 1 is 1.00 bits per heavy atom. The summed E-state index contributed by atoms with van der Waals surface area (Å²) in [6, 6.07) is 12.3. The highest BCUT2D eigenvalue weighted by molar-refractivity contribution is 5.65. The van der Waals surface area contributed by atoms with Crippen molar-refractivity contribution in [2.75, 3.05) is 0 Å². The van der Waals surface area contributed by atoms with Gasteiger partial charge in [0.25, 0.3) is 0 Å². The number of aromatic nitrogens is 1. The van der Waals surface area contributed by atoms with Crippen LogP contribution in [-0.2, 0) is 0 Å². The lowest BCUT2D eigenvalue weighted by Crippen LogP contribution is -1.83. The monoisotopic (exact) mass is 169 g/mol. The van der Waals surface area contributed by atoms with Crippen molar-refractivity contribution in [3.8, 4) is 11.1 Å². The Bertz CT molecular complexity index is 393. The minimum atomic E-state index is 1.21. The molecule has 0 spiro atoms. The number of nitrogens with zero attached hydrogens (tertiary/aromatic N) is 1. The first kappa shape index (κ1) is 7.99. The maximum Gasteiger partial charge on any atom is 0.0349 e. The van der Waals surface area contributed by atoms with Gasteiger partial charge in [0, 0.05) is 18.0 Å². The summed E-state index contributed by atoms with van der Waals surface area (Å²) in [7, 11) is 0. The lowest BCUT2D eigenvalue weighted by Gasteiger charge is -2.03. The molecule has 0 N–H and O–H groups in total. The Morgan fingerprint density at radius 3 is 2.46 bits per heavy atom. The normalized spacial score (nSPS) is 9.92. The molecule has 0 saturated heterocycles. The van der Waals surface area contributed by atoms with Gasteiger partial charge in [-0.3, -0.25) is 4.98 Å². The van der Waals surface area contributed by atoms with Crippen LogP contribution in [0.1, 0.15) is 5.56 Å². The molecule has 1 nitrogen and oxygen atoms in total. The fraction of sp³-hybridized carbons (Fsp3) is 0.0833. The van der Waals surface area contributed by atoms with Crippen molar-refractivity contribution < 1.29 is 0 Å². The van der Waals surface area contributed by atoms with Crippen molar-refractivity contribution in [3.63, 3.8) is 0 Å². The van der Waals surface area contributed by atoms with E-state index in [4.69, 9.17) is 0 Å². The van der Waals surface area contributed by atoms with Crippen molar-refractivity contribution >= 4 is 0 Å². The largest absolute Gasteiger partial charge is 0.264 e. The van der Waals surface area contributed by atoms with Gasteiger partial charge in [0.15, 0.2) is 0 Å². The summed E-state index contributed by atoms with van der Waals surface area (Å²) >= 11 is 0. The van der Waals surface area contributed by atoms with E-state index in [1.807, 2.05) is 36.7 Å². The molecule has 0 aliphatic rings. The lowest BCUT2D eigenvalue weighted by molar-refractivity contribution is 1.29.